The van der Waals surface area contributed by atoms with Crippen LogP contribution < -0.4 is 0 Å². The van der Waals surface area contributed by atoms with Crippen molar-refractivity contribution in [2.75, 3.05) is 6.61 Å². The highest BCUT2D eigenvalue weighted by Gasteiger charge is 2.35. The maximum absolute atomic E-state index is 9.29. The number of aliphatic hydroxyl groups is 1. The smallest absolute Gasteiger partial charge is 0.182 e. The summed E-state index contributed by atoms with van der Waals surface area (Å²) < 4.78 is 5.59. The van der Waals surface area contributed by atoms with Crippen LogP contribution in [-0.4, -0.2) is 26.9 Å². The van der Waals surface area contributed by atoms with Gasteiger partial charge in [-0.05, 0) is 26.7 Å². The van der Waals surface area contributed by atoms with Crippen molar-refractivity contribution >= 4 is 0 Å². The van der Waals surface area contributed by atoms with Crippen LogP contribution in [0.5, 0.6) is 0 Å². The number of H-pyrrole nitrogens is 1. The molecule has 0 aliphatic carbocycles. The molecule has 0 radical (unpaired) electrons. The zero-order chi connectivity index (χ0) is 10.2. The van der Waals surface area contributed by atoms with Crippen molar-refractivity contribution in [2.24, 2.45) is 0 Å². The Hall–Kier alpha value is -0.940. The predicted molar refractivity (Wildman–Crippen MR) is 49.6 cm³/mol. The van der Waals surface area contributed by atoms with E-state index in [1.165, 1.54) is 0 Å². The summed E-state index contributed by atoms with van der Waals surface area (Å²) >= 11 is 0. The third-order valence-electron chi connectivity index (χ3n) is 2.59. The quantitative estimate of drug-likeness (QED) is 0.738. The number of hydrogen-bond donors (Lipinski definition) is 2. The minimum absolute atomic E-state index is 0.371. The molecule has 1 saturated heterocycles. The SMILES string of the molecule is CC(O)c1nc(C2(C)CCCO2)n[nH]1. The van der Waals surface area contributed by atoms with Gasteiger partial charge in [-0.2, -0.15) is 5.10 Å². The van der Waals surface area contributed by atoms with Gasteiger partial charge in [-0.3, -0.25) is 5.10 Å². The first kappa shape index (κ1) is 9.61. The number of hydrogen-bond acceptors (Lipinski definition) is 4. The molecule has 0 aromatic carbocycles. The average Bonchev–Trinajstić information content (AvgIpc) is 2.71. The lowest BCUT2D eigenvalue weighted by Gasteiger charge is -2.18. The van der Waals surface area contributed by atoms with Crippen molar-refractivity contribution in [2.45, 2.75) is 38.4 Å². The zero-order valence-electron chi connectivity index (χ0n) is 8.45. The van der Waals surface area contributed by atoms with Gasteiger partial charge in [-0.1, -0.05) is 0 Å². The van der Waals surface area contributed by atoms with E-state index in [2.05, 4.69) is 15.2 Å². The molecule has 0 spiro atoms. The third kappa shape index (κ3) is 1.53. The molecule has 2 rings (SSSR count). The Morgan fingerprint density at radius 3 is 2.93 bits per heavy atom. The first-order valence-corrected chi connectivity index (χ1v) is 4.87. The van der Waals surface area contributed by atoms with Crippen LogP contribution in [0.2, 0.25) is 0 Å². The summed E-state index contributed by atoms with van der Waals surface area (Å²) in [4.78, 5) is 4.22. The minimum Gasteiger partial charge on any atom is -0.385 e. The third-order valence-corrected chi connectivity index (χ3v) is 2.59. The van der Waals surface area contributed by atoms with Crippen LogP contribution >= 0.6 is 0 Å². The Balaban J connectivity index is 2.23. The fraction of sp³-hybridized carbons (Fsp3) is 0.778. The summed E-state index contributed by atoms with van der Waals surface area (Å²) in [7, 11) is 0. The van der Waals surface area contributed by atoms with Crippen molar-refractivity contribution < 1.29 is 9.84 Å². The summed E-state index contributed by atoms with van der Waals surface area (Å²) in [6.07, 6.45) is 1.36. The van der Waals surface area contributed by atoms with E-state index < -0.39 is 6.10 Å². The number of ether oxygens (including phenoxy) is 1. The lowest BCUT2D eigenvalue weighted by atomic mass is 10.0. The van der Waals surface area contributed by atoms with Crippen molar-refractivity contribution in [1.82, 2.24) is 15.2 Å². The molecule has 1 aromatic heterocycles. The van der Waals surface area contributed by atoms with Gasteiger partial charge < -0.3 is 9.84 Å². The Bertz CT molecular complexity index is 316. The van der Waals surface area contributed by atoms with Crippen LogP contribution in [0.3, 0.4) is 0 Å². The van der Waals surface area contributed by atoms with Gasteiger partial charge in [0.05, 0.1) is 0 Å². The Morgan fingerprint density at radius 1 is 1.64 bits per heavy atom. The second kappa shape index (κ2) is 3.33. The molecule has 2 unspecified atom stereocenters. The molecule has 0 amide bonds. The van der Waals surface area contributed by atoms with Crippen LogP contribution in [0, 0.1) is 0 Å². The lowest BCUT2D eigenvalue weighted by Crippen LogP contribution is -2.21. The van der Waals surface area contributed by atoms with Gasteiger partial charge in [0.15, 0.2) is 11.6 Å². The molecule has 2 N–H and O–H groups in total. The number of aromatic amines is 1. The lowest BCUT2D eigenvalue weighted by molar-refractivity contribution is 0.00947. The molecule has 1 aromatic rings. The van der Waals surface area contributed by atoms with E-state index in [9.17, 15) is 5.11 Å². The first-order chi connectivity index (χ1) is 6.62. The average molecular weight is 197 g/mol. The van der Waals surface area contributed by atoms with Crippen molar-refractivity contribution in [3.8, 4) is 0 Å². The van der Waals surface area contributed by atoms with Gasteiger partial charge in [0, 0.05) is 6.61 Å². The van der Waals surface area contributed by atoms with Crippen LogP contribution in [0.4, 0.5) is 0 Å². The van der Waals surface area contributed by atoms with Crippen LogP contribution in [-0.2, 0) is 10.3 Å². The highest BCUT2D eigenvalue weighted by Crippen LogP contribution is 2.33. The topological polar surface area (TPSA) is 71.0 Å². The molecular weight excluding hydrogens is 182 g/mol. The first-order valence-electron chi connectivity index (χ1n) is 4.87. The van der Waals surface area contributed by atoms with E-state index in [-0.39, 0.29) is 5.60 Å². The fourth-order valence-corrected chi connectivity index (χ4v) is 1.65. The molecule has 1 fully saturated rings. The van der Waals surface area contributed by atoms with E-state index in [0.717, 1.165) is 19.4 Å². The molecule has 1 aliphatic heterocycles. The summed E-state index contributed by atoms with van der Waals surface area (Å²) in [5, 5.41) is 16.1. The number of aliphatic hydroxyl groups excluding tert-OH is 1. The molecule has 5 nitrogen and oxygen atoms in total. The maximum Gasteiger partial charge on any atom is 0.182 e. The minimum atomic E-state index is -0.610. The Morgan fingerprint density at radius 2 is 2.43 bits per heavy atom. The van der Waals surface area contributed by atoms with Crippen molar-refractivity contribution in [3.05, 3.63) is 11.6 Å². The maximum atomic E-state index is 9.29. The molecule has 5 heteroatoms. The number of aromatic nitrogens is 3. The Kier molecular flexibility index (Phi) is 2.28. The summed E-state index contributed by atoms with van der Waals surface area (Å²) in [5.74, 6) is 1.14. The van der Waals surface area contributed by atoms with Crippen LogP contribution in [0.1, 0.15) is 44.4 Å². The van der Waals surface area contributed by atoms with E-state index in [0.29, 0.717) is 11.6 Å². The van der Waals surface area contributed by atoms with Gasteiger partial charge in [0.1, 0.15) is 11.7 Å². The second-order valence-corrected chi connectivity index (χ2v) is 3.90. The van der Waals surface area contributed by atoms with Gasteiger partial charge in [0.25, 0.3) is 0 Å². The molecule has 0 saturated carbocycles. The highest BCUT2D eigenvalue weighted by molar-refractivity contribution is 5.04. The van der Waals surface area contributed by atoms with Gasteiger partial charge in [-0.25, -0.2) is 4.98 Å². The number of rotatable bonds is 2. The molecule has 2 atom stereocenters. The highest BCUT2D eigenvalue weighted by atomic mass is 16.5. The van der Waals surface area contributed by atoms with Gasteiger partial charge in [-0.15, -0.1) is 0 Å². The van der Waals surface area contributed by atoms with Crippen molar-refractivity contribution in [3.63, 3.8) is 0 Å². The largest absolute Gasteiger partial charge is 0.385 e. The fourth-order valence-electron chi connectivity index (χ4n) is 1.65. The monoisotopic (exact) mass is 197 g/mol. The molecule has 78 valence electrons. The number of nitrogens with one attached hydrogen (secondary N) is 1. The standard InChI is InChI=1S/C9H15N3O2/c1-6(13)7-10-8(12-11-7)9(2)4-3-5-14-9/h6,13H,3-5H2,1-2H3,(H,10,11,12). The molecule has 2 heterocycles. The normalized spacial score (nSPS) is 29.4. The van der Waals surface area contributed by atoms with E-state index >= 15 is 0 Å². The predicted octanol–water partition coefficient (Wildman–Crippen LogP) is 0.884. The summed E-state index contributed by atoms with van der Waals surface area (Å²) in [6, 6.07) is 0. The van der Waals surface area contributed by atoms with E-state index in [4.69, 9.17) is 4.74 Å². The summed E-state index contributed by atoms with van der Waals surface area (Å²) in [5.41, 5.74) is -0.371. The summed E-state index contributed by atoms with van der Waals surface area (Å²) in [6.45, 7) is 4.40. The zero-order valence-corrected chi connectivity index (χ0v) is 8.45. The van der Waals surface area contributed by atoms with Crippen LogP contribution in [0.25, 0.3) is 0 Å². The Labute approximate surface area is 82.5 Å². The number of nitrogens with zero attached hydrogens (tertiary/aromatic N) is 2. The molecule has 1 aliphatic rings. The van der Waals surface area contributed by atoms with E-state index in [1.807, 2.05) is 6.92 Å². The van der Waals surface area contributed by atoms with Crippen LogP contribution in [0.15, 0.2) is 0 Å². The molecule has 14 heavy (non-hydrogen) atoms. The molecular formula is C9H15N3O2. The molecule has 0 bridgehead atoms. The van der Waals surface area contributed by atoms with Crippen molar-refractivity contribution in [1.29, 1.82) is 0 Å². The van der Waals surface area contributed by atoms with Gasteiger partial charge in [0.2, 0.25) is 0 Å². The van der Waals surface area contributed by atoms with E-state index in [1.54, 1.807) is 6.92 Å². The van der Waals surface area contributed by atoms with Gasteiger partial charge >= 0.3 is 0 Å². The second-order valence-electron chi connectivity index (χ2n) is 3.90.